The van der Waals surface area contributed by atoms with E-state index in [1.165, 1.54) is 70.7 Å². The van der Waals surface area contributed by atoms with Crippen LogP contribution in [0.4, 0.5) is 17.1 Å². The molecule has 7 rings (SSSR count). The Labute approximate surface area is 474 Å². The quantitative estimate of drug-likeness (QED) is 0.158. The zero-order valence-corrected chi connectivity index (χ0v) is 54.6. The lowest BCUT2D eigenvalue weighted by Gasteiger charge is -2.04. The Kier molecular flexibility index (Phi) is 86.1. The van der Waals surface area contributed by atoms with Crippen molar-refractivity contribution in [2.75, 3.05) is 7.05 Å². The second kappa shape index (κ2) is 75.5. The van der Waals surface area contributed by atoms with Gasteiger partial charge in [0.25, 0.3) is 0 Å². The molecule has 0 aromatic heterocycles. The SMILES string of the molecule is CC.CC.CC.CC.CC.CC.CCC.CCC.CCC.CCCC.CN=Nc1ccccc1.Cc1cc(C)c(N=Nc2ccccc2)cc1C.Cc1cccc(C)c1.Cc1ccccc1.c1ccc2ccccc2c1. The fraction of sp³-hybridized carbons (Fsp3) is 0.444. The summed E-state index contributed by atoms with van der Waals surface area (Å²) in [6, 6.07) is 59.1. The van der Waals surface area contributed by atoms with Gasteiger partial charge in [-0.15, -0.1) is 0 Å². The minimum absolute atomic E-state index is 0.880. The number of benzene rings is 7. The maximum atomic E-state index is 4.30. The van der Waals surface area contributed by atoms with Crippen LogP contribution in [0, 0.1) is 41.5 Å². The second-order valence-corrected chi connectivity index (χ2v) is 15.2. The van der Waals surface area contributed by atoms with Crippen LogP contribution in [0.1, 0.15) is 204 Å². The first-order valence-electron chi connectivity index (χ1n) is 29.3. The fourth-order valence-electron chi connectivity index (χ4n) is 4.74. The standard InChI is InChI=1S/C15H16N2.C10H8.C8H10.C7H8N2.C7H8.C4H10.3C3H8.6C2H6/c1-11-9-13(3)15(10-12(11)2)17-16-14-7-5-4-6-8-14;1-2-6-10-8-4-3-7-9(10)5-1;1-7-4-3-5-8(2)6-7;1-8-9-7-5-3-2-4-6-7;1-7-5-3-2-4-6-7;1-3-4-2;3*1-3-2;6*1-2/h4-10H,1-3H3;1-8H;3-6H,1-2H3;2-6H,1H3;2-6H,1H3;3-4H2,1-2H3;3*3H2,1-2H3;6*1-2H3. The topological polar surface area (TPSA) is 49.4 Å². The molecule has 0 saturated carbocycles. The van der Waals surface area contributed by atoms with Gasteiger partial charge in [0.05, 0.1) is 17.1 Å². The van der Waals surface area contributed by atoms with E-state index in [9.17, 15) is 0 Å². The summed E-state index contributed by atoms with van der Waals surface area (Å²) in [7, 11) is 1.66. The summed E-state index contributed by atoms with van der Waals surface area (Å²) in [6.07, 6.45) is 6.39. The first kappa shape index (κ1) is 86.7. The molecule has 7 aromatic rings. The van der Waals surface area contributed by atoms with E-state index in [0.29, 0.717) is 0 Å². The van der Waals surface area contributed by atoms with Gasteiger partial charge in [-0.3, -0.25) is 0 Å². The first-order valence-corrected chi connectivity index (χ1v) is 29.3. The molecule has 76 heavy (non-hydrogen) atoms. The largest absolute Gasteiger partial charge is 0.192 e. The average molecular weight is 1040 g/mol. The van der Waals surface area contributed by atoms with Crippen LogP contribution >= 0.6 is 0 Å². The number of unbranched alkanes of at least 4 members (excludes halogenated alkanes) is 1. The summed E-state index contributed by atoms with van der Waals surface area (Å²) < 4.78 is 0. The summed E-state index contributed by atoms with van der Waals surface area (Å²) in [5.41, 5.74) is 10.4. The molecule has 4 heteroatoms. The van der Waals surface area contributed by atoms with Gasteiger partial charge in [-0.2, -0.15) is 20.5 Å². The zero-order valence-electron chi connectivity index (χ0n) is 54.6. The van der Waals surface area contributed by atoms with Crippen LogP contribution in [-0.2, 0) is 0 Å². The first-order chi connectivity index (χ1) is 36.9. The van der Waals surface area contributed by atoms with Crippen molar-refractivity contribution >= 4 is 27.8 Å². The maximum absolute atomic E-state index is 4.30. The minimum Gasteiger partial charge on any atom is -0.192 e. The Balaban J connectivity index is -0.000000117. The lowest BCUT2D eigenvalue weighted by atomic mass is 10.1. The van der Waals surface area contributed by atoms with Crippen LogP contribution in [0.25, 0.3) is 10.8 Å². The number of nitrogens with zero attached hydrogens (tertiary/aromatic N) is 4. The molecule has 4 nitrogen and oxygen atoms in total. The van der Waals surface area contributed by atoms with Crippen molar-refractivity contribution in [1.82, 2.24) is 0 Å². The lowest BCUT2D eigenvalue weighted by molar-refractivity contribution is 0.886. The summed E-state index contributed by atoms with van der Waals surface area (Å²) in [4.78, 5) is 0. The van der Waals surface area contributed by atoms with Crippen molar-refractivity contribution in [2.24, 2.45) is 20.5 Å². The highest BCUT2D eigenvalue weighted by atomic mass is 15.1. The molecule has 0 saturated heterocycles. The summed E-state index contributed by atoms with van der Waals surface area (Å²) in [5.74, 6) is 0. The zero-order chi connectivity index (χ0) is 60.2. The lowest BCUT2D eigenvalue weighted by Crippen LogP contribution is -1.82. The Morgan fingerprint density at radius 2 is 0.553 bits per heavy atom. The van der Waals surface area contributed by atoms with Crippen molar-refractivity contribution in [1.29, 1.82) is 0 Å². The number of aryl methyl sites for hydroxylation is 6. The summed E-state index contributed by atoms with van der Waals surface area (Å²) in [6.45, 7) is 53.7. The fourth-order valence-corrected chi connectivity index (χ4v) is 4.74. The van der Waals surface area contributed by atoms with Crippen LogP contribution in [0.2, 0.25) is 0 Å². The molecule has 0 aliphatic rings. The van der Waals surface area contributed by atoms with Gasteiger partial charge in [0.2, 0.25) is 0 Å². The Morgan fingerprint density at radius 3 is 0.816 bits per heavy atom. The van der Waals surface area contributed by atoms with Gasteiger partial charge in [-0.25, -0.2) is 0 Å². The predicted molar refractivity (Wildman–Crippen MR) is 356 cm³/mol. The monoisotopic (exact) mass is 1040 g/mol. The summed E-state index contributed by atoms with van der Waals surface area (Å²) >= 11 is 0. The van der Waals surface area contributed by atoms with E-state index in [2.05, 4.69) is 214 Å². The third-order valence-corrected chi connectivity index (χ3v) is 8.09. The second-order valence-electron chi connectivity index (χ2n) is 15.2. The molecule has 0 radical (unpaired) electrons. The molecule has 7 aromatic carbocycles. The molecule has 0 fully saturated rings. The minimum atomic E-state index is 0.880. The Morgan fingerprint density at radius 1 is 0.276 bits per heavy atom. The van der Waals surface area contributed by atoms with Crippen molar-refractivity contribution in [3.05, 3.63) is 209 Å². The third-order valence-electron chi connectivity index (χ3n) is 8.09. The molecule has 0 aliphatic heterocycles. The molecule has 428 valence electrons. The highest BCUT2D eigenvalue weighted by Crippen LogP contribution is 2.25. The molecule has 0 spiro atoms. The number of rotatable bonds is 4. The van der Waals surface area contributed by atoms with Crippen LogP contribution in [0.5, 0.6) is 0 Å². The molecule has 0 atom stereocenters. The number of fused-ring (bicyclic) bond motifs is 1. The number of hydrogen-bond acceptors (Lipinski definition) is 4. The normalized spacial score (nSPS) is 8.36. The van der Waals surface area contributed by atoms with Gasteiger partial charge >= 0.3 is 0 Å². The van der Waals surface area contributed by atoms with E-state index in [1.807, 2.05) is 162 Å². The van der Waals surface area contributed by atoms with E-state index in [4.69, 9.17) is 0 Å². The highest BCUT2D eigenvalue weighted by molar-refractivity contribution is 5.82. The molecule has 0 heterocycles. The van der Waals surface area contributed by atoms with Gasteiger partial charge in [0.1, 0.15) is 0 Å². The van der Waals surface area contributed by atoms with Crippen molar-refractivity contribution in [3.63, 3.8) is 0 Å². The number of azo groups is 2. The highest BCUT2D eigenvalue weighted by Gasteiger charge is 2.00. The molecule has 0 amide bonds. The van der Waals surface area contributed by atoms with Gasteiger partial charge in [0, 0.05) is 7.05 Å². The Hall–Kier alpha value is -6.00. The van der Waals surface area contributed by atoms with E-state index >= 15 is 0 Å². The summed E-state index contributed by atoms with van der Waals surface area (Å²) in [5, 5.41) is 18.6. The van der Waals surface area contributed by atoms with Crippen LogP contribution in [0.15, 0.2) is 196 Å². The van der Waals surface area contributed by atoms with Crippen LogP contribution in [0.3, 0.4) is 0 Å². The number of hydrogen-bond donors (Lipinski definition) is 0. The van der Waals surface area contributed by atoms with Crippen molar-refractivity contribution in [2.45, 2.75) is 212 Å². The Bertz CT molecular complexity index is 2050. The van der Waals surface area contributed by atoms with Crippen molar-refractivity contribution < 1.29 is 0 Å². The van der Waals surface area contributed by atoms with Crippen LogP contribution in [-0.4, -0.2) is 7.05 Å². The van der Waals surface area contributed by atoms with E-state index in [0.717, 1.165) is 22.6 Å². The van der Waals surface area contributed by atoms with E-state index < -0.39 is 0 Å². The molecule has 0 N–H and O–H groups in total. The van der Waals surface area contributed by atoms with Crippen molar-refractivity contribution in [3.8, 4) is 0 Å². The molecule has 0 bridgehead atoms. The van der Waals surface area contributed by atoms with Gasteiger partial charge < -0.3 is 0 Å². The van der Waals surface area contributed by atoms with Gasteiger partial charge in [0.15, 0.2) is 0 Å². The average Bonchev–Trinajstić information content (AvgIpc) is 3.47. The maximum Gasteiger partial charge on any atom is 0.0889 e. The molecular weight excluding hydrogens is 921 g/mol. The third kappa shape index (κ3) is 60.6. The predicted octanol–water partition coefficient (Wildman–Crippen LogP) is 26.8. The van der Waals surface area contributed by atoms with E-state index in [1.54, 1.807) is 7.05 Å². The molecule has 0 unspecified atom stereocenters. The van der Waals surface area contributed by atoms with Gasteiger partial charge in [-0.1, -0.05) is 333 Å². The molecular formula is C72H120N4. The van der Waals surface area contributed by atoms with E-state index in [-0.39, 0.29) is 0 Å². The van der Waals surface area contributed by atoms with Crippen LogP contribution < -0.4 is 0 Å². The molecule has 0 aliphatic carbocycles. The van der Waals surface area contributed by atoms with Gasteiger partial charge in [-0.05, 0) is 99.3 Å². The smallest absolute Gasteiger partial charge is 0.0889 e.